The molecule has 6 rings (SSSR count). The summed E-state index contributed by atoms with van der Waals surface area (Å²) in [5, 5.41) is 5.05. The van der Waals surface area contributed by atoms with Gasteiger partial charge < -0.3 is 4.42 Å². The van der Waals surface area contributed by atoms with E-state index in [4.69, 9.17) is 4.42 Å². The van der Waals surface area contributed by atoms with Crippen LogP contribution in [0.5, 0.6) is 0 Å². The molecular weight excluding hydrogens is 280 g/mol. The third-order valence-electron chi connectivity index (χ3n) is 5.00. The summed E-state index contributed by atoms with van der Waals surface area (Å²) >= 11 is 0. The van der Waals surface area contributed by atoms with Crippen LogP contribution in [-0.4, -0.2) is 0 Å². The Labute approximate surface area is 132 Å². The third-order valence-corrected chi connectivity index (χ3v) is 5.00. The number of hydrogen-bond donors (Lipinski definition) is 0. The minimum atomic E-state index is 0.956. The van der Waals surface area contributed by atoms with Crippen molar-refractivity contribution in [3.05, 3.63) is 72.8 Å². The van der Waals surface area contributed by atoms with Gasteiger partial charge in [-0.05, 0) is 51.2 Å². The Morgan fingerprint density at radius 3 is 2.09 bits per heavy atom. The summed E-state index contributed by atoms with van der Waals surface area (Å²) in [4.78, 5) is 0. The molecule has 1 aromatic heterocycles. The fraction of sp³-hybridized carbons (Fsp3) is 0. The van der Waals surface area contributed by atoms with Gasteiger partial charge >= 0.3 is 0 Å². The van der Waals surface area contributed by atoms with Gasteiger partial charge in [0.1, 0.15) is 11.2 Å². The lowest BCUT2D eigenvalue weighted by Gasteiger charge is -2.01. The summed E-state index contributed by atoms with van der Waals surface area (Å²) in [6.07, 6.45) is 0. The molecular formula is C22H12O. The zero-order valence-corrected chi connectivity index (χ0v) is 12.3. The molecule has 0 fully saturated rings. The first-order valence-corrected chi connectivity index (χ1v) is 7.88. The van der Waals surface area contributed by atoms with Crippen LogP contribution in [-0.2, 0) is 0 Å². The molecule has 0 unspecified atom stereocenters. The standard InChI is InChI=1S/C22H12O/c1-2-10-20-14(7-1)19-11-17-15-8-3-5-13-6-4-9-16(22(13)15)18(17)12-21(19)23-20/h1-12H. The number of furan rings is 1. The average molecular weight is 292 g/mol. The Bertz CT molecular complexity index is 1250. The Kier molecular flexibility index (Phi) is 1.91. The van der Waals surface area contributed by atoms with Gasteiger partial charge in [0.15, 0.2) is 0 Å². The molecule has 1 aliphatic carbocycles. The van der Waals surface area contributed by atoms with Crippen molar-refractivity contribution in [2.75, 3.05) is 0 Å². The van der Waals surface area contributed by atoms with E-state index in [1.54, 1.807) is 0 Å². The Morgan fingerprint density at radius 1 is 0.522 bits per heavy atom. The highest BCUT2D eigenvalue weighted by Gasteiger charge is 2.22. The first-order valence-electron chi connectivity index (χ1n) is 7.88. The first-order chi connectivity index (χ1) is 11.4. The van der Waals surface area contributed by atoms with Crippen LogP contribution in [0.3, 0.4) is 0 Å². The number of para-hydroxylation sites is 1. The number of rotatable bonds is 0. The van der Waals surface area contributed by atoms with Crippen molar-refractivity contribution in [3.8, 4) is 22.3 Å². The van der Waals surface area contributed by atoms with Crippen LogP contribution in [0, 0.1) is 0 Å². The first kappa shape index (κ1) is 11.5. The monoisotopic (exact) mass is 292 g/mol. The predicted molar refractivity (Wildman–Crippen MR) is 95.7 cm³/mol. The van der Waals surface area contributed by atoms with Gasteiger partial charge in [-0.2, -0.15) is 0 Å². The third kappa shape index (κ3) is 1.33. The molecule has 1 nitrogen and oxygen atoms in total. The summed E-state index contributed by atoms with van der Waals surface area (Å²) in [5.41, 5.74) is 7.17. The molecule has 106 valence electrons. The van der Waals surface area contributed by atoms with Crippen LogP contribution in [0.2, 0.25) is 0 Å². The van der Waals surface area contributed by atoms with Crippen molar-refractivity contribution >= 4 is 32.7 Å². The fourth-order valence-electron chi connectivity index (χ4n) is 4.01. The Morgan fingerprint density at radius 2 is 1.26 bits per heavy atom. The lowest BCUT2D eigenvalue weighted by atomic mass is 10.0. The molecule has 0 bridgehead atoms. The second kappa shape index (κ2) is 3.82. The minimum absolute atomic E-state index is 0.956. The highest BCUT2D eigenvalue weighted by molar-refractivity contribution is 6.19. The number of hydrogen-bond acceptors (Lipinski definition) is 1. The van der Waals surface area contributed by atoms with E-state index in [9.17, 15) is 0 Å². The highest BCUT2D eigenvalue weighted by atomic mass is 16.3. The smallest absolute Gasteiger partial charge is 0.136 e. The van der Waals surface area contributed by atoms with E-state index in [-0.39, 0.29) is 0 Å². The molecule has 0 amide bonds. The maximum atomic E-state index is 6.07. The van der Waals surface area contributed by atoms with E-state index < -0.39 is 0 Å². The van der Waals surface area contributed by atoms with Gasteiger partial charge in [-0.25, -0.2) is 0 Å². The molecule has 1 heterocycles. The second-order valence-corrected chi connectivity index (χ2v) is 6.20. The van der Waals surface area contributed by atoms with E-state index in [1.807, 2.05) is 12.1 Å². The van der Waals surface area contributed by atoms with Crippen LogP contribution in [0.4, 0.5) is 0 Å². The van der Waals surface area contributed by atoms with Crippen molar-refractivity contribution in [2.24, 2.45) is 0 Å². The maximum absolute atomic E-state index is 6.07. The molecule has 0 saturated heterocycles. The second-order valence-electron chi connectivity index (χ2n) is 6.20. The van der Waals surface area contributed by atoms with E-state index in [0.29, 0.717) is 0 Å². The lowest BCUT2D eigenvalue weighted by molar-refractivity contribution is 0.669. The SMILES string of the molecule is c1cc2c3c(cccc3c1)-c1cc3c(cc1-2)oc1ccccc13. The molecule has 4 aromatic carbocycles. The normalized spacial score (nSPS) is 12.3. The zero-order valence-electron chi connectivity index (χ0n) is 12.3. The lowest BCUT2D eigenvalue weighted by Crippen LogP contribution is -1.76. The molecule has 1 aliphatic rings. The van der Waals surface area contributed by atoms with Crippen molar-refractivity contribution < 1.29 is 4.42 Å². The van der Waals surface area contributed by atoms with E-state index in [0.717, 1.165) is 11.2 Å². The molecule has 0 radical (unpaired) electrons. The molecule has 0 saturated carbocycles. The van der Waals surface area contributed by atoms with Crippen LogP contribution in [0.25, 0.3) is 55.0 Å². The quantitative estimate of drug-likeness (QED) is 0.316. The van der Waals surface area contributed by atoms with Gasteiger partial charge in [-0.3, -0.25) is 0 Å². The molecule has 1 heteroatoms. The molecule has 0 atom stereocenters. The molecule has 23 heavy (non-hydrogen) atoms. The van der Waals surface area contributed by atoms with Gasteiger partial charge in [0.05, 0.1) is 0 Å². The fourth-order valence-corrected chi connectivity index (χ4v) is 4.01. The summed E-state index contributed by atoms with van der Waals surface area (Å²) in [7, 11) is 0. The van der Waals surface area contributed by atoms with Crippen LogP contribution in [0.15, 0.2) is 77.2 Å². The molecule has 0 spiro atoms. The van der Waals surface area contributed by atoms with Crippen LogP contribution < -0.4 is 0 Å². The van der Waals surface area contributed by atoms with Gasteiger partial charge in [0, 0.05) is 10.8 Å². The van der Waals surface area contributed by atoms with E-state index in [1.165, 1.54) is 43.8 Å². The Hall–Kier alpha value is -3.06. The predicted octanol–water partition coefficient (Wildman–Crippen LogP) is 6.39. The summed E-state index contributed by atoms with van der Waals surface area (Å²) in [6.45, 7) is 0. The summed E-state index contributed by atoms with van der Waals surface area (Å²) < 4.78 is 6.07. The van der Waals surface area contributed by atoms with Crippen LogP contribution >= 0.6 is 0 Å². The van der Waals surface area contributed by atoms with Crippen molar-refractivity contribution in [2.45, 2.75) is 0 Å². The van der Waals surface area contributed by atoms with Gasteiger partial charge in [-0.1, -0.05) is 54.6 Å². The average Bonchev–Trinajstić information content (AvgIpc) is 3.11. The maximum Gasteiger partial charge on any atom is 0.136 e. The zero-order chi connectivity index (χ0) is 15.0. The summed E-state index contributed by atoms with van der Waals surface area (Å²) in [6, 6.07) is 25.9. The molecule has 5 aromatic rings. The number of benzene rings is 4. The van der Waals surface area contributed by atoms with Crippen molar-refractivity contribution in [3.63, 3.8) is 0 Å². The number of fused-ring (bicyclic) bond motifs is 6. The largest absolute Gasteiger partial charge is 0.456 e. The van der Waals surface area contributed by atoms with Gasteiger partial charge in [0.2, 0.25) is 0 Å². The van der Waals surface area contributed by atoms with Crippen LogP contribution in [0.1, 0.15) is 0 Å². The summed E-state index contributed by atoms with van der Waals surface area (Å²) in [5.74, 6) is 0. The molecule has 0 aliphatic heterocycles. The van der Waals surface area contributed by atoms with Gasteiger partial charge in [0.25, 0.3) is 0 Å². The van der Waals surface area contributed by atoms with Gasteiger partial charge in [-0.15, -0.1) is 0 Å². The van der Waals surface area contributed by atoms with Crippen molar-refractivity contribution in [1.29, 1.82) is 0 Å². The van der Waals surface area contributed by atoms with E-state index in [2.05, 4.69) is 60.7 Å². The highest BCUT2D eigenvalue weighted by Crippen LogP contribution is 2.49. The van der Waals surface area contributed by atoms with E-state index >= 15 is 0 Å². The minimum Gasteiger partial charge on any atom is -0.456 e. The van der Waals surface area contributed by atoms with Crippen molar-refractivity contribution in [1.82, 2.24) is 0 Å². The Balaban J connectivity index is 1.83. The molecule has 0 N–H and O–H groups in total. The topological polar surface area (TPSA) is 13.1 Å².